The highest BCUT2D eigenvalue weighted by Crippen LogP contribution is 2.31. The van der Waals surface area contributed by atoms with Gasteiger partial charge < -0.3 is 10.4 Å². The van der Waals surface area contributed by atoms with Crippen LogP contribution in [0.5, 0.6) is 0 Å². The molecule has 1 aromatic rings. The Hall–Kier alpha value is -0.750. The lowest BCUT2D eigenvalue weighted by atomic mass is 9.96. The number of aliphatic hydroxyl groups is 1. The Morgan fingerprint density at radius 3 is 2.57 bits per heavy atom. The van der Waals surface area contributed by atoms with Gasteiger partial charge in [-0.2, -0.15) is 0 Å². The van der Waals surface area contributed by atoms with Crippen molar-refractivity contribution in [3.63, 3.8) is 0 Å². The molecule has 120 valence electrons. The van der Waals surface area contributed by atoms with Crippen molar-refractivity contribution in [3.8, 4) is 0 Å². The molecule has 0 unspecified atom stereocenters. The van der Waals surface area contributed by atoms with Gasteiger partial charge in [0, 0.05) is 44.4 Å². The minimum Gasteiger partial charge on any atom is -0.396 e. The monoisotopic (exact) mass is 320 g/mol. The first-order valence-electron chi connectivity index (χ1n) is 7.15. The van der Waals surface area contributed by atoms with Crippen LogP contribution in [0, 0.1) is 18.6 Å². The molecule has 21 heavy (non-hydrogen) atoms. The second kappa shape index (κ2) is 8.63. The molecule has 0 amide bonds. The molecule has 6 heteroatoms. The third kappa shape index (κ3) is 4.36. The maximum absolute atomic E-state index is 14.4. The third-order valence-corrected chi connectivity index (χ3v) is 3.88. The van der Waals surface area contributed by atoms with Crippen LogP contribution in [0.1, 0.15) is 30.0 Å². The second-order valence-electron chi connectivity index (χ2n) is 5.26. The van der Waals surface area contributed by atoms with Gasteiger partial charge in [-0.15, -0.1) is 12.4 Å². The first-order chi connectivity index (χ1) is 9.65. The fourth-order valence-corrected chi connectivity index (χ4v) is 2.77. The van der Waals surface area contributed by atoms with E-state index in [0.717, 1.165) is 26.2 Å². The highest BCUT2D eigenvalue weighted by atomic mass is 35.5. The number of halogens is 3. The number of benzene rings is 1. The van der Waals surface area contributed by atoms with Crippen molar-refractivity contribution in [3.05, 3.63) is 34.9 Å². The molecule has 0 radical (unpaired) electrons. The van der Waals surface area contributed by atoms with Crippen LogP contribution in [-0.4, -0.2) is 42.8 Å². The summed E-state index contributed by atoms with van der Waals surface area (Å²) in [4.78, 5) is 2.10. The van der Waals surface area contributed by atoms with Crippen LogP contribution in [0.4, 0.5) is 8.78 Å². The molecular weight excluding hydrogens is 298 g/mol. The number of aryl methyl sites for hydroxylation is 1. The second-order valence-corrected chi connectivity index (χ2v) is 5.26. The Kier molecular flexibility index (Phi) is 7.52. The smallest absolute Gasteiger partial charge is 0.133 e. The number of nitrogens with one attached hydrogen (secondary N) is 1. The predicted molar refractivity (Wildman–Crippen MR) is 81.8 cm³/mol. The van der Waals surface area contributed by atoms with Crippen LogP contribution in [0.2, 0.25) is 0 Å². The lowest BCUT2D eigenvalue weighted by Crippen LogP contribution is -2.45. The SMILES string of the molecule is Cc1ccc(F)c([C@@H](CCCO)N2CCNCC2)c1F.Cl. The highest BCUT2D eigenvalue weighted by Gasteiger charge is 2.27. The summed E-state index contributed by atoms with van der Waals surface area (Å²) in [7, 11) is 0. The highest BCUT2D eigenvalue weighted by molar-refractivity contribution is 5.85. The van der Waals surface area contributed by atoms with Crippen LogP contribution in [0.25, 0.3) is 0 Å². The summed E-state index contributed by atoms with van der Waals surface area (Å²) in [5.41, 5.74) is 0.617. The molecule has 1 saturated heterocycles. The molecule has 3 nitrogen and oxygen atoms in total. The van der Waals surface area contributed by atoms with Crippen LogP contribution in [-0.2, 0) is 0 Å². The average molecular weight is 321 g/mol. The van der Waals surface area contributed by atoms with Crippen LogP contribution < -0.4 is 5.32 Å². The number of nitrogens with zero attached hydrogens (tertiary/aromatic N) is 1. The number of aliphatic hydroxyl groups excluding tert-OH is 1. The van der Waals surface area contributed by atoms with Crippen molar-refractivity contribution in [2.24, 2.45) is 0 Å². The summed E-state index contributed by atoms with van der Waals surface area (Å²) in [6, 6.07) is 2.50. The number of hydrogen-bond acceptors (Lipinski definition) is 3. The van der Waals surface area contributed by atoms with E-state index < -0.39 is 11.6 Å². The maximum atomic E-state index is 14.4. The first-order valence-corrected chi connectivity index (χ1v) is 7.15. The Balaban J connectivity index is 0.00000220. The van der Waals surface area contributed by atoms with Gasteiger partial charge in [-0.3, -0.25) is 4.90 Å². The summed E-state index contributed by atoms with van der Waals surface area (Å²) in [5.74, 6) is -0.943. The Morgan fingerprint density at radius 1 is 1.29 bits per heavy atom. The van der Waals surface area contributed by atoms with Gasteiger partial charge in [0.2, 0.25) is 0 Å². The molecule has 1 aromatic carbocycles. The summed E-state index contributed by atoms with van der Waals surface area (Å²) < 4.78 is 28.5. The van der Waals surface area contributed by atoms with Crippen molar-refractivity contribution >= 4 is 12.4 Å². The van der Waals surface area contributed by atoms with E-state index in [2.05, 4.69) is 10.2 Å². The fourth-order valence-electron chi connectivity index (χ4n) is 2.77. The van der Waals surface area contributed by atoms with E-state index in [-0.39, 0.29) is 30.6 Å². The van der Waals surface area contributed by atoms with Crippen LogP contribution in [0.15, 0.2) is 12.1 Å². The molecule has 2 rings (SSSR count). The number of hydrogen-bond donors (Lipinski definition) is 2. The third-order valence-electron chi connectivity index (χ3n) is 3.88. The van der Waals surface area contributed by atoms with Crippen molar-refractivity contribution in [1.82, 2.24) is 10.2 Å². The molecule has 0 spiro atoms. The van der Waals surface area contributed by atoms with Gasteiger partial charge in [0.05, 0.1) is 0 Å². The van der Waals surface area contributed by atoms with Gasteiger partial charge in [-0.1, -0.05) is 6.07 Å². The molecule has 0 aromatic heterocycles. The normalized spacial score (nSPS) is 17.3. The van der Waals surface area contributed by atoms with Crippen LogP contribution >= 0.6 is 12.4 Å². The van der Waals surface area contributed by atoms with E-state index in [1.807, 2.05) is 0 Å². The van der Waals surface area contributed by atoms with Crippen molar-refractivity contribution in [2.75, 3.05) is 32.8 Å². The van der Waals surface area contributed by atoms with E-state index in [1.54, 1.807) is 6.92 Å². The lowest BCUT2D eigenvalue weighted by molar-refractivity contribution is 0.148. The predicted octanol–water partition coefficient (Wildman–Crippen LogP) is 2.41. The summed E-state index contributed by atoms with van der Waals surface area (Å²) >= 11 is 0. The standard InChI is InChI=1S/C15H22F2N2O.ClH/c1-11-4-5-12(16)14(15(11)17)13(3-2-10-20)19-8-6-18-7-9-19;/h4-5,13,18,20H,2-3,6-10H2,1H3;1H/t13-;/m1./s1. The summed E-state index contributed by atoms with van der Waals surface area (Å²) in [5, 5.41) is 12.3. The van der Waals surface area contributed by atoms with E-state index in [9.17, 15) is 8.78 Å². The number of rotatable bonds is 5. The zero-order valence-electron chi connectivity index (χ0n) is 12.2. The minimum absolute atomic E-state index is 0. The Labute approximate surface area is 130 Å². The molecule has 2 N–H and O–H groups in total. The van der Waals surface area contributed by atoms with Gasteiger partial charge in [0.1, 0.15) is 11.6 Å². The Bertz CT molecular complexity index is 454. The number of piperazine rings is 1. The molecule has 0 saturated carbocycles. The molecule has 1 aliphatic heterocycles. The molecule has 1 aliphatic rings. The van der Waals surface area contributed by atoms with Gasteiger partial charge in [-0.25, -0.2) is 8.78 Å². The van der Waals surface area contributed by atoms with Gasteiger partial charge in [0.25, 0.3) is 0 Å². The van der Waals surface area contributed by atoms with E-state index in [1.165, 1.54) is 12.1 Å². The zero-order chi connectivity index (χ0) is 14.5. The average Bonchev–Trinajstić information content (AvgIpc) is 2.47. The fraction of sp³-hybridized carbons (Fsp3) is 0.600. The Morgan fingerprint density at radius 2 is 1.95 bits per heavy atom. The molecule has 1 atom stereocenters. The quantitative estimate of drug-likeness (QED) is 0.874. The minimum atomic E-state index is -0.491. The molecular formula is C15H23ClF2N2O. The van der Waals surface area contributed by atoms with E-state index >= 15 is 0 Å². The largest absolute Gasteiger partial charge is 0.396 e. The van der Waals surface area contributed by atoms with E-state index in [4.69, 9.17) is 5.11 Å². The summed E-state index contributed by atoms with van der Waals surface area (Å²) in [6.07, 6.45) is 1.11. The summed E-state index contributed by atoms with van der Waals surface area (Å²) in [6.45, 7) is 4.87. The zero-order valence-corrected chi connectivity index (χ0v) is 13.1. The van der Waals surface area contributed by atoms with Crippen molar-refractivity contribution < 1.29 is 13.9 Å². The lowest BCUT2D eigenvalue weighted by Gasteiger charge is -2.35. The first kappa shape index (κ1) is 18.3. The molecule has 0 aliphatic carbocycles. The molecule has 1 fully saturated rings. The molecule has 0 bridgehead atoms. The molecule has 1 heterocycles. The van der Waals surface area contributed by atoms with Crippen molar-refractivity contribution in [1.29, 1.82) is 0 Å². The van der Waals surface area contributed by atoms with Gasteiger partial charge >= 0.3 is 0 Å². The topological polar surface area (TPSA) is 35.5 Å². The van der Waals surface area contributed by atoms with Crippen LogP contribution in [0.3, 0.4) is 0 Å². The van der Waals surface area contributed by atoms with Gasteiger partial charge in [0.15, 0.2) is 0 Å². The van der Waals surface area contributed by atoms with Gasteiger partial charge in [-0.05, 0) is 31.4 Å². The van der Waals surface area contributed by atoms with E-state index in [0.29, 0.717) is 18.4 Å². The van der Waals surface area contributed by atoms with Crippen molar-refractivity contribution in [2.45, 2.75) is 25.8 Å². The maximum Gasteiger partial charge on any atom is 0.133 e.